The molecule has 1 unspecified atom stereocenters. The van der Waals surface area contributed by atoms with Crippen molar-refractivity contribution in [1.29, 1.82) is 0 Å². The molecule has 1 aromatic carbocycles. The lowest BCUT2D eigenvalue weighted by molar-refractivity contribution is 0.100. The zero-order valence-corrected chi connectivity index (χ0v) is 7.99. The third-order valence-corrected chi connectivity index (χ3v) is 2.78. The molecule has 1 aliphatic rings. The van der Waals surface area contributed by atoms with Crippen LogP contribution in [0.25, 0.3) is 0 Å². The summed E-state index contributed by atoms with van der Waals surface area (Å²) in [5.41, 5.74) is 14.3. The van der Waals surface area contributed by atoms with Gasteiger partial charge in [0.05, 0.1) is 6.54 Å². The number of Topliss-reactive ketones (excluding diaryl/α,β-unsaturated/α-hetero) is 1. The highest BCUT2D eigenvalue weighted by atomic mass is 16.1. The Morgan fingerprint density at radius 2 is 2.29 bits per heavy atom. The molecule has 1 aromatic rings. The highest BCUT2D eigenvalue weighted by Gasteiger charge is 2.19. The van der Waals surface area contributed by atoms with Crippen molar-refractivity contribution < 1.29 is 4.79 Å². The van der Waals surface area contributed by atoms with Crippen molar-refractivity contribution in [3.8, 4) is 0 Å². The second kappa shape index (κ2) is 3.52. The maximum atomic E-state index is 11.4. The van der Waals surface area contributed by atoms with E-state index in [1.54, 1.807) is 0 Å². The molecule has 0 aliphatic heterocycles. The van der Waals surface area contributed by atoms with E-state index in [1.807, 2.05) is 18.2 Å². The molecule has 0 fully saturated rings. The number of ketones is 1. The van der Waals surface area contributed by atoms with Crippen molar-refractivity contribution in [2.24, 2.45) is 11.5 Å². The summed E-state index contributed by atoms with van der Waals surface area (Å²) >= 11 is 0. The first kappa shape index (κ1) is 9.37. The van der Waals surface area contributed by atoms with Gasteiger partial charge in [-0.2, -0.15) is 0 Å². The van der Waals surface area contributed by atoms with Crippen LogP contribution in [-0.4, -0.2) is 12.3 Å². The van der Waals surface area contributed by atoms with Gasteiger partial charge < -0.3 is 11.5 Å². The Balaban J connectivity index is 2.39. The lowest BCUT2D eigenvalue weighted by Gasteiger charge is -2.06. The van der Waals surface area contributed by atoms with Crippen molar-refractivity contribution in [2.45, 2.75) is 18.9 Å². The molecule has 3 nitrogen and oxygen atoms in total. The monoisotopic (exact) mass is 190 g/mol. The van der Waals surface area contributed by atoms with Gasteiger partial charge in [0.2, 0.25) is 0 Å². The molecule has 0 radical (unpaired) electrons. The summed E-state index contributed by atoms with van der Waals surface area (Å²) in [6.45, 7) is 0.0635. The standard InChI is InChI=1S/C11H14N2O/c12-6-11(14)8-2-1-7-3-4-10(13)9(7)5-8/h1-2,5,10H,3-4,6,12-13H2. The van der Waals surface area contributed by atoms with Gasteiger partial charge in [-0.1, -0.05) is 12.1 Å². The van der Waals surface area contributed by atoms with Crippen LogP contribution < -0.4 is 11.5 Å². The number of carbonyl (C=O) groups excluding carboxylic acids is 1. The Hall–Kier alpha value is -1.19. The quantitative estimate of drug-likeness (QED) is 0.677. The van der Waals surface area contributed by atoms with Crippen molar-refractivity contribution in [3.63, 3.8) is 0 Å². The number of rotatable bonds is 2. The Kier molecular flexibility index (Phi) is 2.35. The molecule has 0 aromatic heterocycles. The number of carbonyl (C=O) groups is 1. The van der Waals surface area contributed by atoms with Crippen molar-refractivity contribution in [1.82, 2.24) is 0 Å². The van der Waals surface area contributed by atoms with E-state index in [1.165, 1.54) is 5.56 Å². The fourth-order valence-electron chi connectivity index (χ4n) is 1.93. The summed E-state index contributed by atoms with van der Waals surface area (Å²) in [5, 5.41) is 0. The average Bonchev–Trinajstić information content (AvgIpc) is 2.59. The van der Waals surface area contributed by atoms with E-state index in [4.69, 9.17) is 11.5 Å². The first-order valence-electron chi connectivity index (χ1n) is 4.84. The Labute approximate surface area is 83.1 Å². The molecule has 74 valence electrons. The minimum absolute atomic E-state index is 0.0214. The molecular formula is C11H14N2O. The smallest absolute Gasteiger partial charge is 0.176 e. The number of aryl methyl sites for hydroxylation is 1. The van der Waals surface area contributed by atoms with E-state index >= 15 is 0 Å². The SMILES string of the molecule is NCC(=O)c1ccc2c(c1)C(N)CC2. The van der Waals surface area contributed by atoms with Crippen LogP contribution in [0.5, 0.6) is 0 Å². The number of benzene rings is 1. The topological polar surface area (TPSA) is 69.1 Å². The number of hydrogen-bond donors (Lipinski definition) is 2. The van der Waals surface area contributed by atoms with Crippen LogP contribution in [-0.2, 0) is 6.42 Å². The lowest BCUT2D eigenvalue weighted by atomic mass is 10.0. The third-order valence-electron chi connectivity index (χ3n) is 2.78. The zero-order chi connectivity index (χ0) is 10.1. The van der Waals surface area contributed by atoms with Crippen molar-refractivity contribution in [3.05, 3.63) is 34.9 Å². The molecule has 2 rings (SSSR count). The Morgan fingerprint density at radius 1 is 1.50 bits per heavy atom. The highest BCUT2D eigenvalue weighted by molar-refractivity contribution is 5.97. The van der Waals surface area contributed by atoms with Crippen LogP contribution in [0.3, 0.4) is 0 Å². The molecule has 14 heavy (non-hydrogen) atoms. The minimum atomic E-state index is -0.0214. The summed E-state index contributed by atoms with van der Waals surface area (Å²) in [7, 11) is 0. The number of nitrogens with two attached hydrogens (primary N) is 2. The summed E-state index contributed by atoms with van der Waals surface area (Å²) in [4.78, 5) is 11.4. The second-order valence-corrected chi connectivity index (χ2v) is 3.69. The van der Waals surface area contributed by atoms with E-state index in [0.717, 1.165) is 18.4 Å². The van der Waals surface area contributed by atoms with Crippen LogP contribution in [0.1, 0.15) is 33.9 Å². The largest absolute Gasteiger partial charge is 0.324 e. The molecule has 3 heteroatoms. The van der Waals surface area contributed by atoms with Gasteiger partial charge in [0.25, 0.3) is 0 Å². The van der Waals surface area contributed by atoms with Crippen LogP contribution in [0, 0.1) is 0 Å². The van der Waals surface area contributed by atoms with Gasteiger partial charge in [0.1, 0.15) is 0 Å². The van der Waals surface area contributed by atoms with Crippen LogP contribution in [0.2, 0.25) is 0 Å². The van der Waals surface area contributed by atoms with Gasteiger partial charge in [-0.3, -0.25) is 4.79 Å². The van der Waals surface area contributed by atoms with Crippen LogP contribution in [0.15, 0.2) is 18.2 Å². The molecule has 4 N–H and O–H groups in total. The normalized spacial score (nSPS) is 19.4. The first-order chi connectivity index (χ1) is 6.72. The van der Waals surface area contributed by atoms with Gasteiger partial charge in [0.15, 0.2) is 5.78 Å². The minimum Gasteiger partial charge on any atom is -0.324 e. The predicted molar refractivity (Wildman–Crippen MR) is 55.1 cm³/mol. The van der Waals surface area contributed by atoms with Crippen molar-refractivity contribution in [2.75, 3.05) is 6.54 Å². The van der Waals surface area contributed by atoms with Gasteiger partial charge in [-0.05, 0) is 30.0 Å². The molecular weight excluding hydrogens is 176 g/mol. The fraction of sp³-hybridized carbons (Fsp3) is 0.364. The summed E-state index contributed by atoms with van der Waals surface area (Å²) in [5.74, 6) is -0.0214. The Bertz CT molecular complexity index is 374. The average molecular weight is 190 g/mol. The van der Waals surface area contributed by atoms with E-state index in [9.17, 15) is 4.79 Å². The van der Waals surface area contributed by atoms with Crippen LogP contribution >= 0.6 is 0 Å². The summed E-state index contributed by atoms with van der Waals surface area (Å²) in [6, 6.07) is 5.81. The first-order valence-corrected chi connectivity index (χ1v) is 4.84. The Morgan fingerprint density at radius 3 is 3.00 bits per heavy atom. The van der Waals surface area contributed by atoms with Crippen LogP contribution in [0.4, 0.5) is 0 Å². The predicted octanol–water partition coefficient (Wildman–Crippen LogP) is 0.774. The molecule has 0 heterocycles. The van der Waals surface area contributed by atoms with Gasteiger partial charge in [0, 0.05) is 11.6 Å². The van der Waals surface area contributed by atoms with Gasteiger partial charge >= 0.3 is 0 Å². The molecule has 0 saturated heterocycles. The summed E-state index contributed by atoms with van der Waals surface area (Å²) < 4.78 is 0. The fourth-order valence-corrected chi connectivity index (χ4v) is 1.93. The van der Waals surface area contributed by atoms with E-state index in [2.05, 4.69) is 0 Å². The maximum absolute atomic E-state index is 11.4. The lowest BCUT2D eigenvalue weighted by Crippen LogP contribution is -2.14. The molecule has 0 saturated carbocycles. The van der Waals surface area contributed by atoms with Crippen molar-refractivity contribution >= 4 is 5.78 Å². The molecule has 0 bridgehead atoms. The second-order valence-electron chi connectivity index (χ2n) is 3.69. The maximum Gasteiger partial charge on any atom is 0.176 e. The van der Waals surface area contributed by atoms with E-state index in [-0.39, 0.29) is 18.4 Å². The number of fused-ring (bicyclic) bond motifs is 1. The molecule has 1 aliphatic carbocycles. The summed E-state index contributed by atoms with van der Waals surface area (Å²) in [6.07, 6.45) is 2.00. The molecule has 0 spiro atoms. The van der Waals surface area contributed by atoms with Gasteiger partial charge in [-0.15, -0.1) is 0 Å². The molecule has 0 amide bonds. The highest BCUT2D eigenvalue weighted by Crippen LogP contribution is 2.29. The van der Waals surface area contributed by atoms with E-state index in [0.29, 0.717) is 5.56 Å². The van der Waals surface area contributed by atoms with Gasteiger partial charge in [-0.25, -0.2) is 0 Å². The zero-order valence-electron chi connectivity index (χ0n) is 7.99. The molecule has 1 atom stereocenters. The number of hydrogen-bond acceptors (Lipinski definition) is 3. The van der Waals surface area contributed by atoms with E-state index < -0.39 is 0 Å². The third kappa shape index (κ3) is 1.45.